The molecule has 5 nitrogen and oxygen atoms in total. The Morgan fingerprint density at radius 3 is 2.76 bits per heavy atom. The number of carbonyl (C=O) groups is 1. The number of halogens is 2. The van der Waals surface area contributed by atoms with E-state index < -0.39 is 0 Å². The molecule has 1 aromatic carbocycles. The lowest BCUT2D eigenvalue weighted by Crippen LogP contribution is -2.45. The smallest absolute Gasteiger partial charge is 0.252 e. The monoisotopic (exact) mass is 274 g/mol. The molecule has 0 bridgehead atoms. The number of amides is 1. The van der Waals surface area contributed by atoms with E-state index in [0.29, 0.717) is 16.5 Å². The highest BCUT2D eigenvalue weighted by Crippen LogP contribution is 2.28. The number of benzene rings is 1. The van der Waals surface area contributed by atoms with Crippen molar-refractivity contribution < 1.29 is 4.79 Å². The van der Waals surface area contributed by atoms with Gasteiger partial charge in [-0.1, -0.05) is 29.3 Å². The average molecular weight is 275 g/mol. The van der Waals surface area contributed by atoms with Crippen LogP contribution in [0.1, 0.15) is 18.0 Å². The van der Waals surface area contributed by atoms with Crippen LogP contribution in [-0.2, 0) is 4.79 Å². The zero-order valence-electron chi connectivity index (χ0n) is 8.84. The van der Waals surface area contributed by atoms with Gasteiger partial charge in [0.15, 0.2) is 0 Å². The fraction of sp³-hybridized carbons (Fsp3) is 0.300. The van der Waals surface area contributed by atoms with E-state index >= 15 is 0 Å². The Morgan fingerprint density at radius 1 is 1.35 bits per heavy atom. The van der Waals surface area contributed by atoms with Gasteiger partial charge in [-0.05, 0) is 24.1 Å². The van der Waals surface area contributed by atoms with Gasteiger partial charge in [0.25, 0.3) is 5.91 Å². The Balaban J connectivity index is 2.10. The second kappa shape index (κ2) is 5.20. The third kappa shape index (κ3) is 2.70. The molecule has 1 saturated heterocycles. The molecular formula is C10H12Cl2N4O. The summed E-state index contributed by atoms with van der Waals surface area (Å²) in [5.41, 5.74) is 8.97. The maximum atomic E-state index is 11.3. The first-order chi connectivity index (χ1) is 8.11. The zero-order valence-corrected chi connectivity index (χ0v) is 10.3. The van der Waals surface area contributed by atoms with Crippen LogP contribution < -0.4 is 22.1 Å². The van der Waals surface area contributed by atoms with Crippen molar-refractivity contribution in [3.8, 4) is 0 Å². The van der Waals surface area contributed by atoms with Crippen molar-refractivity contribution >= 4 is 29.1 Å². The van der Waals surface area contributed by atoms with Gasteiger partial charge in [0.05, 0.1) is 10.0 Å². The summed E-state index contributed by atoms with van der Waals surface area (Å²) in [5, 5.41) is 1.01. The summed E-state index contributed by atoms with van der Waals surface area (Å²) in [6.45, 7) is 0. The number of hydrogen-bond donors (Lipinski definition) is 4. The Bertz CT molecular complexity index is 440. The van der Waals surface area contributed by atoms with Gasteiger partial charge in [0, 0.05) is 6.04 Å². The molecule has 0 spiro atoms. The topological polar surface area (TPSA) is 79.2 Å². The van der Waals surface area contributed by atoms with Gasteiger partial charge >= 0.3 is 0 Å². The number of nitrogens with two attached hydrogens (primary N) is 1. The molecule has 0 aliphatic carbocycles. The van der Waals surface area contributed by atoms with Gasteiger partial charge in [-0.25, -0.2) is 16.7 Å². The summed E-state index contributed by atoms with van der Waals surface area (Å²) < 4.78 is 0. The van der Waals surface area contributed by atoms with Crippen LogP contribution in [0.4, 0.5) is 0 Å². The summed E-state index contributed by atoms with van der Waals surface area (Å²) >= 11 is 11.8. The molecule has 0 saturated carbocycles. The lowest BCUT2D eigenvalue weighted by Gasteiger charge is -2.10. The number of carbonyl (C=O) groups excluding carboxylic acids is 1. The molecule has 1 aromatic rings. The zero-order chi connectivity index (χ0) is 12.4. The fourth-order valence-corrected chi connectivity index (χ4v) is 2.08. The van der Waals surface area contributed by atoms with E-state index in [1.54, 1.807) is 12.1 Å². The lowest BCUT2D eigenvalue weighted by atomic mass is 10.0. The molecule has 1 fully saturated rings. The second-order valence-electron chi connectivity index (χ2n) is 3.81. The van der Waals surface area contributed by atoms with Gasteiger partial charge in [-0.3, -0.25) is 10.2 Å². The van der Waals surface area contributed by atoms with Crippen molar-refractivity contribution in [1.29, 1.82) is 0 Å². The van der Waals surface area contributed by atoms with Crippen LogP contribution in [0.2, 0.25) is 10.0 Å². The van der Waals surface area contributed by atoms with Gasteiger partial charge < -0.3 is 0 Å². The molecule has 1 aliphatic heterocycles. The Hall–Kier alpha value is -0.850. The molecule has 2 atom stereocenters. The first-order valence-electron chi connectivity index (χ1n) is 5.08. The van der Waals surface area contributed by atoms with Crippen LogP contribution in [0, 0.1) is 0 Å². The minimum absolute atomic E-state index is 0.00654. The molecule has 5 N–H and O–H groups in total. The van der Waals surface area contributed by atoms with E-state index in [2.05, 4.69) is 16.3 Å². The normalized spacial score (nSPS) is 23.7. The highest BCUT2D eigenvalue weighted by atomic mass is 35.5. The van der Waals surface area contributed by atoms with Gasteiger partial charge in [-0.15, -0.1) is 0 Å². The number of hydrogen-bond acceptors (Lipinski definition) is 4. The predicted molar refractivity (Wildman–Crippen MR) is 66.2 cm³/mol. The van der Waals surface area contributed by atoms with Crippen LogP contribution in [0.5, 0.6) is 0 Å². The lowest BCUT2D eigenvalue weighted by molar-refractivity contribution is -0.122. The van der Waals surface area contributed by atoms with E-state index in [0.717, 1.165) is 5.56 Å². The minimum atomic E-state index is -0.348. The van der Waals surface area contributed by atoms with Gasteiger partial charge in [-0.2, -0.15) is 0 Å². The molecule has 2 unspecified atom stereocenters. The number of rotatable bonds is 2. The van der Waals surface area contributed by atoms with Crippen molar-refractivity contribution in [1.82, 2.24) is 16.3 Å². The number of hydrazine groups is 2. The van der Waals surface area contributed by atoms with Crippen molar-refractivity contribution in [3.63, 3.8) is 0 Å². The molecule has 1 amide bonds. The van der Waals surface area contributed by atoms with E-state index in [1.807, 2.05) is 6.07 Å². The average Bonchev–Trinajstić information content (AvgIpc) is 2.81. The largest absolute Gasteiger partial charge is 0.293 e. The molecular weight excluding hydrogens is 263 g/mol. The van der Waals surface area contributed by atoms with Crippen LogP contribution in [-0.4, -0.2) is 11.9 Å². The van der Waals surface area contributed by atoms with E-state index in [4.69, 9.17) is 29.0 Å². The van der Waals surface area contributed by atoms with Crippen molar-refractivity contribution in [2.45, 2.75) is 18.5 Å². The molecule has 0 aromatic heterocycles. The highest BCUT2D eigenvalue weighted by molar-refractivity contribution is 6.42. The standard InChI is InChI=1S/C10H12Cl2N4O/c11-6-2-1-5(3-7(6)12)8-4-9(16-15-8)10(17)14-13/h1-3,8-9,15-16H,4,13H2,(H,14,17). The molecule has 92 valence electrons. The summed E-state index contributed by atoms with van der Waals surface area (Å²) in [5.74, 6) is 4.82. The molecule has 7 heteroatoms. The summed E-state index contributed by atoms with van der Waals surface area (Å²) in [6.07, 6.45) is 0.598. The van der Waals surface area contributed by atoms with Crippen molar-refractivity contribution in [3.05, 3.63) is 33.8 Å². The maximum absolute atomic E-state index is 11.3. The SMILES string of the molecule is NNC(=O)C1CC(c2ccc(Cl)c(Cl)c2)NN1. The van der Waals surface area contributed by atoms with Crippen LogP contribution in [0.3, 0.4) is 0 Å². The quantitative estimate of drug-likeness (QED) is 0.367. The van der Waals surface area contributed by atoms with E-state index in [1.165, 1.54) is 0 Å². The summed E-state index contributed by atoms with van der Waals surface area (Å²) in [7, 11) is 0. The highest BCUT2D eigenvalue weighted by Gasteiger charge is 2.29. The summed E-state index contributed by atoms with van der Waals surface area (Å²) in [4.78, 5) is 11.3. The molecule has 17 heavy (non-hydrogen) atoms. The van der Waals surface area contributed by atoms with Crippen molar-refractivity contribution in [2.75, 3.05) is 0 Å². The second-order valence-corrected chi connectivity index (χ2v) is 4.63. The maximum Gasteiger partial charge on any atom is 0.252 e. The molecule has 2 rings (SSSR count). The van der Waals surface area contributed by atoms with Crippen LogP contribution in [0.15, 0.2) is 18.2 Å². The predicted octanol–water partition coefficient (Wildman–Crippen LogP) is 0.891. The first-order valence-corrected chi connectivity index (χ1v) is 5.84. The van der Waals surface area contributed by atoms with E-state index in [-0.39, 0.29) is 18.0 Å². The van der Waals surface area contributed by atoms with Crippen LogP contribution >= 0.6 is 23.2 Å². The third-order valence-corrected chi connectivity index (χ3v) is 3.45. The molecule has 1 heterocycles. The minimum Gasteiger partial charge on any atom is -0.293 e. The third-order valence-electron chi connectivity index (χ3n) is 2.71. The molecule has 0 radical (unpaired) electrons. The van der Waals surface area contributed by atoms with Crippen LogP contribution in [0.25, 0.3) is 0 Å². The molecule has 1 aliphatic rings. The Kier molecular flexibility index (Phi) is 3.86. The van der Waals surface area contributed by atoms with Gasteiger partial charge in [0.1, 0.15) is 6.04 Å². The van der Waals surface area contributed by atoms with Gasteiger partial charge in [0.2, 0.25) is 0 Å². The first kappa shape index (κ1) is 12.6. The van der Waals surface area contributed by atoms with E-state index in [9.17, 15) is 4.79 Å². The summed E-state index contributed by atoms with van der Waals surface area (Å²) in [6, 6.07) is 5.05. The Labute approximate surface area is 109 Å². The number of nitrogens with one attached hydrogen (secondary N) is 3. The fourth-order valence-electron chi connectivity index (χ4n) is 1.78. The Morgan fingerprint density at radius 2 is 2.12 bits per heavy atom. The van der Waals surface area contributed by atoms with Crippen molar-refractivity contribution in [2.24, 2.45) is 5.84 Å².